The van der Waals surface area contributed by atoms with E-state index in [2.05, 4.69) is 23.8 Å². The molecular formula is C10H12N2. The highest BCUT2D eigenvalue weighted by atomic mass is 15.1. The zero-order valence-corrected chi connectivity index (χ0v) is 7.41. The fraction of sp³-hybridized carbons (Fsp3) is 0.400. The number of rotatable bonds is 1. The van der Waals surface area contributed by atoms with E-state index in [0.717, 1.165) is 17.1 Å². The van der Waals surface area contributed by atoms with Crippen molar-refractivity contribution in [2.24, 2.45) is 9.98 Å². The van der Waals surface area contributed by atoms with Gasteiger partial charge in [-0.3, -0.25) is 9.98 Å². The van der Waals surface area contributed by atoms with Crippen molar-refractivity contribution in [3.05, 3.63) is 35.0 Å². The summed E-state index contributed by atoms with van der Waals surface area (Å²) in [6.07, 6.45) is 0.960. The van der Waals surface area contributed by atoms with Gasteiger partial charge >= 0.3 is 0 Å². The van der Waals surface area contributed by atoms with E-state index in [1.807, 2.05) is 24.3 Å². The van der Waals surface area contributed by atoms with E-state index >= 15 is 0 Å². The summed E-state index contributed by atoms with van der Waals surface area (Å²) in [6, 6.07) is 8.03. The molecule has 0 N–H and O–H groups in total. The van der Waals surface area contributed by atoms with Gasteiger partial charge in [0.15, 0.2) is 0 Å². The first-order chi connectivity index (χ1) is 5.73. The molecule has 0 fully saturated rings. The third kappa shape index (κ3) is 1.04. The van der Waals surface area contributed by atoms with Crippen LogP contribution in [0.1, 0.15) is 20.3 Å². The highest BCUT2D eigenvalue weighted by Crippen LogP contribution is 2.16. The Morgan fingerprint density at radius 1 is 1.17 bits per heavy atom. The number of hydrogen-bond acceptors (Lipinski definition) is 2. The monoisotopic (exact) mass is 160 g/mol. The number of nitrogens with zero attached hydrogens (tertiary/aromatic N) is 2. The minimum absolute atomic E-state index is 0.205. The fourth-order valence-electron chi connectivity index (χ4n) is 1.36. The quantitative estimate of drug-likeness (QED) is 0.587. The van der Waals surface area contributed by atoms with Crippen molar-refractivity contribution in [3.8, 4) is 0 Å². The smallest absolute Gasteiger partial charge is 0.148 e. The highest BCUT2D eigenvalue weighted by molar-refractivity contribution is 5.06. The van der Waals surface area contributed by atoms with Crippen molar-refractivity contribution in [1.29, 1.82) is 0 Å². The summed E-state index contributed by atoms with van der Waals surface area (Å²) in [4.78, 5) is 9.07. The van der Waals surface area contributed by atoms with E-state index in [4.69, 9.17) is 0 Å². The van der Waals surface area contributed by atoms with Gasteiger partial charge in [-0.25, -0.2) is 0 Å². The van der Waals surface area contributed by atoms with Crippen LogP contribution >= 0.6 is 0 Å². The Morgan fingerprint density at radius 2 is 1.67 bits per heavy atom. The first-order valence-electron chi connectivity index (χ1n) is 4.28. The second kappa shape index (κ2) is 2.41. The van der Waals surface area contributed by atoms with Crippen LogP contribution in [0.5, 0.6) is 0 Å². The maximum atomic E-state index is 4.54. The van der Waals surface area contributed by atoms with Gasteiger partial charge in [-0.1, -0.05) is 19.1 Å². The molecule has 0 bridgehead atoms. The Balaban J connectivity index is 2.68. The molecule has 1 heterocycles. The van der Waals surface area contributed by atoms with Gasteiger partial charge in [-0.15, -0.1) is 0 Å². The van der Waals surface area contributed by atoms with Gasteiger partial charge in [0.1, 0.15) is 5.66 Å². The zero-order chi connectivity index (χ0) is 8.60. The fourth-order valence-corrected chi connectivity index (χ4v) is 1.36. The standard InChI is InChI=1S/C10H12N2/c1-3-10(2)11-8-6-4-5-7-9(8)12-10/h4-7H,3H2,1-2H3. The lowest BCUT2D eigenvalue weighted by atomic mass is 10.2. The number of benzene rings is 1. The van der Waals surface area contributed by atoms with Gasteiger partial charge in [-0.05, 0) is 25.5 Å². The van der Waals surface area contributed by atoms with Crippen LogP contribution in [-0.2, 0) is 0 Å². The highest BCUT2D eigenvalue weighted by Gasteiger charge is 2.21. The van der Waals surface area contributed by atoms with Crippen molar-refractivity contribution >= 4 is 0 Å². The molecule has 0 radical (unpaired) electrons. The summed E-state index contributed by atoms with van der Waals surface area (Å²) in [7, 11) is 0. The first kappa shape index (κ1) is 7.47. The summed E-state index contributed by atoms with van der Waals surface area (Å²) >= 11 is 0. The second-order valence-corrected chi connectivity index (χ2v) is 3.28. The third-order valence-corrected chi connectivity index (χ3v) is 2.27. The molecule has 1 aromatic carbocycles. The van der Waals surface area contributed by atoms with Crippen LogP contribution in [0.15, 0.2) is 34.3 Å². The predicted molar refractivity (Wildman–Crippen MR) is 47.5 cm³/mol. The molecule has 0 atom stereocenters. The molecule has 2 nitrogen and oxygen atoms in total. The summed E-state index contributed by atoms with van der Waals surface area (Å²) in [5.74, 6) is 0. The van der Waals surface area contributed by atoms with Crippen molar-refractivity contribution in [3.63, 3.8) is 0 Å². The summed E-state index contributed by atoms with van der Waals surface area (Å²) in [6.45, 7) is 4.17. The summed E-state index contributed by atoms with van der Waals surface area (Å²) in [5.41, 5.74) is -0.205. The number of hydrogen-bond donors (Lipinski definition) is 0. The van der Waals surface area contributed by atoms with E-state index in [9.17, 15) is 0 Å². The lowest BCUT2D eigenvalue weighted by Crippen LogP contribution is -2.19. The normalized spacial score (nSPS) is 17.8. The van der Waals surface area contributed by atoms with Crippen LogP contribution in [0.3, 0.4) is 0 Å². The number of para-hydroxylation sites is 2. The van der Waals surface area contributed by atoms with Crippen LogP contribution in [0, 0.1) is 0 Å². The van der Waals surface area contributed by atoms with Crippen LogP contribution in [0.4, 0.5) is 0 Å². The van der Waals surface area contributed by atoms with E-state index in [-0.39, 0.29) is 5.66 Å². The molecule has 0 aromatic heterocycles. The van der Waals surface area contributed by atoms with E-state index < -0.39 is 0 Å². The van der Waals surface area contributed by atoms with Crippen LogP contribution in [-0.4, -0.2) is 5.66 Å². The van der Waals surface area contributed by atoms with Crippen molar-refractivity contribution in [2.75, 3.05) is 0 Å². The third-order valence-electron chi connectivity index (χ3n) is 2.27. The largest absolute Gasteiger partial charge is 0.254 e. The molecule has 12 heavy (non-hydrogen) atoms. The number of fused-ring (bicyclic) bond motifs is 1. The Kier molecular flexibility index (Phi) is 1.50. The van der Waals surface area contributed by atoms with Crippen LogP contribution in [0.25, 0.3) is 0 Å². The van der Waals surface area contributed by atoms with Crippen molar-refractivity contribution in [1.82, 2.24) is 0 Å². The topological polar surface area (TPSA) is 24.7 Å². The Hall–Kier alpha value is -1.18. The van der Waals surface area contributed by atoms with Gasteiger partial charge in [0.25, 0.3) is 0 Å². The van der Waals surface area contributed by atoms with Crippen molar-refractivity contribution in [2.45, 2.75) is 25.9 Å². The molecule has 0 spiro atoms. The molecule has 2 heteroatoms. The molecular weight excluding hydrogens is 148 g/mol. The van der Waals surface area contributed by atoms with Crippen LogP contribution in [0.2, 0.25) is 0 Å². The van der Waals surface area contributed by atoms with E-state index in [1.54, 1.807) is 0 Å². The maximum Gasteiger partial charge on any atom is 0.148 e. The molecule has 2 rings (SSSR count). The van der Waals surface area contributed by atoms with Gasteiger partial charge in [0.05, 0.1) is 10.7 Å². The minimum Gasteiger partial charge on any atom is -0.254 e. The predicted octanol–water partition coefficient (Wildman–Crippen LogP) is 1.07. The molecule has 1 aromatic rings. The lowest BCUT2D eigenvalue weighted by Gasteiger charge is -2.12. The molecule has 1 aliphatic heterocycles. The minimum atomic E-state index is -0.205. The van der Waals surface area contributed by atoms with Crippen molar-refractivity contribution < 1.29 is 0 Å². The Labute approximate surface area is 71.7 Å². The Bertz CT molecular complexity index is 371. The first-order valence-corrected chi connectivity index (χ1v) is 4.28. The average Bonchev–Trinajstić information content (AvgIpc) is 2.42. The lowest BCUT2D eigenvalue weighted by molar-refractivity contribution is 0.476. The molecule has 0 unspecified atom stereocenters. The van der Waals surface area contributed by atoms with Gasteiger partial charge in [0, 0.05) is 0 Å². The molecule has 62 valence electrons. The van der Waals surface area contributed by atoms with Crippen LogP contribution < -0.4 is 10.7 Å². The van der Waals surface area contributed by atoms with Gasteiger partial charge in [-0.2, -0.15) is 0 Å². The molecule has 0 saturated carbocycles. The molecule has 1 aliphatic rings. The maximum absolute atomic E-state index is 4.54. The molecule has 0 saturated heterocycles. The Morgan fingerprint density at radius 3 is 2.08 bits per heavy atom. The summed E-state index contributed by atoms with van der Waals surface area (Å²) < 4.78 is 0. The van der Waals surface area contributed by atoms with E-state index in [0.29, 0.717) is 0 Å². The molecule has 0 aliphatic carbocycles. The second-order valence-electron chi connectivity index (χ2n) is 3.28. The summed E-state index contributed by atoms with van der Waals surface area (Å²) in [5, 5.41) is 2.06. The van der Waals surface area contributed by atoms with Gasteiger partial charge < -0.3 is 0 Å². The average molecular weight is 160 g/mol. The SMILES string of the molecule is CCC1(C)N=c2ccccc2=N1. The van der Waals surface area contributed by atoms with E-state index in [1.165, 1.54) is 0 Å². The zero-order valence-electron chi connectivity index (χ0n) is 7.41. The van der Waals surface area contributed by atoms with Gasteiger partial charge in [0.2, 0.25) is 0 Å². The molecule has 0 amide bonds.